The first-order chi connectivity index (χ1) is 15.0. The molecule has 0 bridgehead atoms. The third-order valence-corrected chi connectivity index (χ3v) is 4.24. The van der Waals surface area contributed by atoms with Crippen molar-refractivity contribution in [2.75, 3.05) is 32.7 Å². The fourth-order valence-electron chi connectivity index (χ4n) is 2.29. The number of hydrogen-bond donors (Lipinski definition) is 5. The molecule has 0 unspecified atom stereocenters. The second-order valence-electron chi connectivity index (χ2n) is 8.52. The van der Waals surface area contributed by atoms with Crippen molar-refractivity contribution < 1.29 is 19.2 Å². The summed E-state index contributed by atoms with van der Waals surface area (Å²) in [6, 6.07) is 0.878. The van der Waals surface area contributed by atoms with Gasteiger partial charge in [-0.1, -0.05) is 48.5 Å². The molecular weight excluding hydrogens is 410 g/mol. The van der Waals surface area contributed by atoms with Crippen LogP contribution in [0, 0.1) is 5.92 Å². The highest BCUT2D eigenvalue weighted by Crippen LogP contribution is 2.03. The van der Waals surface area contributed by atoms with Crippen LogP contribution in [-0.2, 0) is 19.2 Å². The maximum Gasteiger partial charge on any atom is 0.239 e. The van der Waals surface area contributed by atoms with E-state index in [4.69, 9.17) is 0 Å². The molecule has 0 aromatic heterocycles. The summed E-state index contributed by atoms with van der Waals surface area (Å²) in [5.41, 5.74) is 0. The summed E-state index contributed by atoms with van der Waals surface area (Å²) in [7, 11) is 0. The van der Waals surface area contributed by atoms with Gasteiger partial charge in [0.05, 0.1) is 6.54 Å². The van der Waals surface area contributed by atoms with Crippen LogP contribution in [0.2, 0.25) is 0 Å². The molecule has 32 heavy (non-hydrogen) atoms. The smallest absolute Gasteiger partial charge is 0.239 e. The monoisotopic (exact) mass is 457 g/mol. The number of nitrogens with one attached hydrogen (secondary N) is 5. The van der Waals surface area contributed by atoms with E-state index in [1.807, 2.05) is 34.6 Å². The Morgan fingerprint density at radius 3 is 1.56 bits per heavy atom. The van der Waals surface area contributed by atoms with Crippen molar-refractivity contribution in [3.05, 3.63) is 0 Å². The molecule has 0 aliphatic heterocycles. The molecule has 0 aliphatic carbocycles. The largest absolute Gasteiger partial charge is 0.355 e. The van der Waals surface area contributed by atoms with Crippen molar-refractivity contribution >= 4 is 23.5 Å². The summed E-state index contributed by atoms with van der Waals surface area (Å²) in [4.78, 5) is 45.1. The van der Waals surface area contributed by atoms with Gasteiger partial charge in [0.2, 0.25) is 17.7 Å². The maximum absolute atomic E-state index is 11.5. The van der Waals surface area contributed by atoms with Crippen LogP contribution in [0.4, 0.5) is 0 Å². The Kier molecular flexibility index (Phi) is 21.0. The summed E-state index contributed by atoms with van der Waals surface area (Å²) in [6.07, 6.45) is 1.79. The van der Waals surface area contributed by atoms with E-state index in [2.05, 4.69) is 40.4 Å². The molecule has 9 heteroatoms. The number of rotatable bonds is 16. The SMILES string of the molecule is CC(C)NCCNC(=O)CNC(=O)CCCC(=O)C(C)C.CCC(=O)NCCNC(C)C. The molecule has 0 rings (SSSR count). The fourth-order valence-corrected chi connectivity index (χ4v) is 2.29. The highest BCUT2D eigenvalue weighted by Gasteiger charge is 2.09. The molecule has 0 fully saturated rings. The predicted molar refractivity (Wildman–Crippen MR) is 129 cm³/mol. The Labute approximate surface area is 194 Å². The van der Waals surface area contributed by atoms with Gasteiger partial charge in [0.25, 0.3) is 0 Å². The van der Waals surface area contributed by atoms with Gasteiger partial charge in [0.15, 0.2) is 0 Å². The minimum atomic E-state index is -0.202. The first-order valence-electron chi connectivity index (χ1n) is 11.8. The van der Waals surface area contributed by atoms with Gasteiger partial charge >= 0.3 is 0 Å². The minimum Gasteiger partial charge on any atom is -0.355 e. The van der Waals surface area contributed by atoms with E-state index < -0.39 is 0 Å². The highest BCUT2D eigenvalue weighted by atomic mass is 16.2. The van der Waals surface area contributed by atoms with E-state index in [0.29, 0.717) is 44.4 Å². The third-order valence-electron chi connectivity index (χ3n) is 4.24. The average molecular weight is 458 g/mol. The highest BCUT2D eigenvalue weighted by molar-refractivity contribution is 5.85. The molecule has 0 radical (unpaired) electrons. The van der Waals surface area contributed by atoms with Crippen LogP contribution in [0.1, 0.15) is 74.1 Å². The lowest BCUT2D eigenvalue weighted by Crippen LogP contribution is -2.40. The van der Waals surface area contributed by atoms with Crippen molar-refractivity contribution in [3.8, 4) is 0 Å². The van der Waals surface area contributed by atoms with E-state index in [-0.39, 0.29) is 42.4 Å². The predicted octanol–water partition coefficient (Wildman–Crippen LogP) is 1.12. The Hall–Kier alpha value is -2.00. The molecule has 5 N–H and O–H groups in total. The number of ketones is 1. The number of hydrogen-bond acceptors (Lipinski definition) is 6. The second-order valence-corrected chi connectivity index (χ2v) is 8.52. The van der Waals surface area contributed by atoms with Crippen molar-refractivity contribution in [1.82, 2.24) is 26.6 Å². The van der Waals surface area contributed by atoms with Gasteiger partial charge < -0.3 is 26.6 Å². The van der Waals surface area contributed by atoms with Crippen LogP contribution in [0.5, 0.6) is 0 Å². The van der Waals surface area contributed by atoms with Gasteiger partial charge in [-0.25, -0.2) is 0 Å². The lowest BCUT2D eigenvalue weighted by atomic mass is 10.0. The molecule has 0 atom stereocenters. The molecule has 0 saturated carbocycles. The second kappa shape index (κ2) is 20.9. The third kappa shape index (κ3) is 24.3. The molecule has 0 aromatic carbocycles. The Morgan fingerprint density at radius 1 is 0.625 bits per heavy atom. The Bertz CT molecular complexity index is 536. The van der Waals surface area contributed by atoms with E-state index in [0.717, 1.165) is 13.1 Å². The molecule has 0 saturated heterocycles. The van der Waals surface area contributed by atoms with E-state index >= 15 is 0 Å². The number of carbonyl (C=O) groups is 4. The Morgan fingerprint density at radius 2 is 1.12 bits per heavy atom. The molecular formula is C23H47N5O4. The number of amides is 3. The summed E-state index contributed by atoms with van der Waals surface area (Å²) in [5, 5.41) is 14.4. The van der Waals surface area contributed by atoms with E-state index in [1.165, 1.54) is 0 Å². The van der Waals surface area contributed by atoms with Gasteiger partial charge in [-0.2, -0.15) is 0 Å². The lowest BCUT2D eigenvalue weighted by Gasteiger charge is -2.09. The van der Waals surface area contributed by atoms with Crippen LogP contribution in [0.3, 0.4) is 0 Å². The number of carbonyl (C=O) groups excluding carboxylic acids is 4. The lowest BCUT2D eigenvalue weighted by molar-refractivity contribution is -0.126. The quantitative estimate of drug-likeness (QED) is 0.221. The van der Waals surface area contributed by atoms with Gasteiger partial charge in [0.1, 0.15) is 5.78 Å². The minimum absolute atomic E-state index is 0.0123. The van der Waals surface area contributed by atoms with Crippen molar-refractivity contribution in [1.29, 1.82) is 0 Å². The van der Waals surface area contributed by atoms with E-state index in [9.17, 15) is 19.2 Å². The van der Waals surface area contributed by atoms with Crippen molar-refractivity contribution in [2.24, 2.45) is 5.92 Å². The zero-order valence-electron chi connectivity index (χ0n) is 21.2. The van der Waals surface area contributed by atoms with Gasteiger partial charge in [-0.05, 0) is 6.42 Å². The van der Waals surface area contributed by atoms with Crippen LogP contribution in [0.15, 0.2) is 0 Å². The van der Waals surface area contributed by atoms with Gasteiger partial charge in [-0.15, -0.1) is 0 Å². The summed E-state index contributed by atoms with van der Waals surface area (Å²) in [5.74, 6) is -0.0961. The molecule has 9 nitrogen and oxygen atoms in total. The first kappa shape index (κ1) is 32.2. The normalized spacial score (nSPS) is 10.6. The molecule has 0 aromatic rings. The maximum atomic E-state index is 11.5. The van der Waals surface area contributed by atoms with Gasteiger partial charge in [-0.3, -0.25) is 19.2 Å². The van der Waals surface area contributed by atoms with Crippen LogP contribution < -0.4 is 26.6 Å². The number of Topliss-reactive ketones (excluding diaryl/α,β-unsaturated/α-hetero) is 1. The Balaban J connectivity index is 0. The van der Waals surface area contributed by atoms with Crippen molar-refractivity contribution in [2.45, 2.75) is 86.2 Å². The molecule has 188 valence electrons. The van der Waals surface area contributed by atoms with Crippen molar-refractivity contribution in [3.63, 3.8) is 0 Å². The first-order valence-corrected chi connectivity index (χ1v) is 11.8. The molecule has 0 aliphatic rings. The summed E-state index contributed by atoms with van der Waals surface area (Å²) < 4.78 is 0. The standard InChI is InChI=1S/C15H29N3O3.C8H18N2O/c1-11(2)13(19)6-5-7-14(20)18-10-15(21)17-9-8-16-12(3)4;1-4-8(11)10-6-5-9-7(2)3/h11-12,16H,5-10H2,1-4H3,(H,17,21)(H,18,20);7,9H,4-6H2,1-3H3,(H,10,11). The summed E-state index contributed by atoms with van der Waals surface area (Å²) in [6.45, 7) is 16.6. The molecule has 3 amide bonds. The fraction of sp³-hybridized carbons (Fsp3) is 0.826. The van der Waals surface area contributed by atoms with E-state index in [1.54, 1.807) is 0 Å². The van der Waals surface area contributed by atoms with Crippen LogP contribution in [-0.4, -0.2) is 68.3 Å². The van der Waals surface area contributed by atoms with Crippen LogP contribution in [0.25, 0.3) is 0 Å². The zero-order chi connectivity index (χ0) is 24.9. The van der Waals surface area contributed by atoms with Crippen LogP contribution >= 0.6 is 0 Å². The summed E-state index contributed by atoms with van der Waals surface area (Å²) >= 11 is 0. The molecule has 0 heterocycles. The molecule has 0 spiro atoms. The van der Waals surface area contributed by atoms with Gasteiger partial charge in [0, 0.05) is 63.4 Å². The topological polar surface area (TPSA) is 128 Å². The average Bonchev–Trinajstić information content (AvgIpc) is 2.72. The zero-order valence-corrected chi connectivity index (χ0v) is 21.2.